The highest BCUT2D eigenvalue weighted by Crippen LogP contribution is 2.35. The van der Waals surface area contributed by atoms with E-state index in [1.807, 2.05) is 28.8 Å². The van der Waals surface area contributed by atoms with E-state index < -0.39 is 9.84 Å². The summed E-state index contributed by atoms with van der Waals surface area (Å²) in [6.07, 6.45) is 6.46. The van der Waals surface area contributed by atoms with Crippen molar-refractivity contribution < 1.29 is 8.42 Å². The van der Waals surface area contributed by atoms with E-state index in [-0.39, 0.29) is 10.7 Å². The Morgan fingerprint density at radius 1 is 1.21 bits per heavy atom. The van der Waals surface area contributed by atoms with Gasteiger partial charge in [0, 0.05) is 18.0 Å². The van der Waals surface area contributed by atoms with Crippen molar-refractivity contribution in [2.45, 2.75) is 4.90 Å². The van der Waals surface area contributed by atoms with Gasteiger partial charge in [0.25, 0.3) is 0 Å². The Bertz CT molecular complexity index is 1130. The number of nitrogens with zero attached hydrogens (tertiary/aromatic N) is 5. The molecule has 1 aromatic carbocycles. The summed E-state index contributed by atoms with van der Waals surface area (Å²) in [6, 6.07) is 8.90. The Balaban J connectivity index is 2.05. The zero-order chi connectivity index (χ0) is 16.7. The predicted molar refractivity (Wildman–Crippen MR) is 86.9 cm³/mol. The fraction of sp³-hybridized carbons (Fsp3) is 0.0667. The first-order valence-corrected chi connectivity index (χ1v) is 8.92. The molecule has 0 amide bonds. The first kappa shape index (κ1) is 14.5. The van der Waals surface area contributed by atoms with Gasteiger partial charge in [-0.15, -0.1) is 10.2 Å². The topological polar surface area (TPSA) is 106 Å². The van der Waals surface area contributed by atoms with Crippen molar-refractivity contribution in [2.24, 2.45) is 0 Å². The number of imidazole rings is 1. The SMILES string of the molecule is CS(=O)(=O)c1cccc(-c2ccn3cncc3c2)c1-c1nn[nH]n1. The van der Waals surface area contributed by atoms with Gasteiger partial charge in [-0.3, -0.25) is 0 Å². The summed E-state index contributed by atoms with van der Waals surface area (Å²) in [6.45, 7) is 0. The third-order valence-corrected chi connectivity index (χ3v) is 4.86. The molecule has 0 aliphatic carbocycles. The molecule has 0 saturated heterocycles. The van der Waals surface area contributed by atoms with Gasteiger partial charge in [0.05, 0.1) is 22.9 Å². The van der Waals surface area contributed by atoms with Crippen LogP contribution in [0.25, 0.3) is 28.0 Å². The molecule has 9 heteroatoms. The number of hydrogen-bond acceptors (Lipinski definition) is 6. The number of aromatic amines is 1. The summed E-state index contributed by atoms with van der Waals surface area (Å²) in [5, 5.41) is 13.9. The molecule has 4 rings (SSSR count). The maximum Gasteiger partial charge on any atom is 0.206 e. The fourth-order valence-electron chi connectivity index (χ4n) is 2.67. The highest BCUT2D eigenvalue weighted by Gasteiger charge is 2.22. The molecule has 0 radical (unpaired) electrons. The van der Waals surface area contributed by atoms with Crippen molar-refractivity contribution in [3.8, 4) is 22.5 Å². The van der Waals surface area contributed by atoms with E-state index in [1.54, 1.807) is 24.7 Å². The number of H-pyrrole nitrogens is 1. The van der Waals surface area contributed by atoms with Crippen molar-refractivity contribution in [1.82, 2.24) is 30.0 Å². The molecular formula is C15H12N6O2S. The minimum Gasteiger partial charge on any atom is -0.306 e. The Labute approximate surface area is 137 Å². The van der Waals surface area contributed by atoms with Crippen LogP contribution in [0.15, 0.2) is 53.9 Å². The van der Waals surface area contributed by atoms with E-state index in [1.165, 1.54) is 0 Å². The van der Waals surface area contributed by atoms with Crippen LogP contribution in [0.3, 0.4) is 0 Å². The van der Waals surface area contributed by atoms with Crippen LogP contribution in [0.5, 0.6) is 0 Å². The number of hydrogen-bond donors (Lipinski definition) is 1. The van der Waals surface area contributed by atoms with Gasteiger partial charge >= 0.3 is 0 Å². The number of tetrazole rings is 1. The van der Waals surface area contributed by atoms with Crippen molar-refractivity contribution in [3.05, 3.63) is 49.1 Å². The van der Waals surface area contributed by atoms with Gasteiger partial charge < -0.3 is 4.40 Å². The number of rotatable bonds is 3. The van der Waals surface area contributed by atoms with E-state index in [0.29, 0.717) is 11.1 Å². The Kier molecular flexibility index (Phi) is 3.17. The molecule has 0 aliphatic rings. The summed E-state index contributed by atoms with van der Waals surface area (Å²) < 4.78 is 26.3. The molecule has 4 aromatic rings. The lowest BCUT2D eigenvalue weighted by Crippen LogP contribution is -2.02. The molecule has 0 unspecified atom stereocenters. The van der Waals surface area contributed by atoms with Crippen molar-refractivity contribution in [2.75, 3.05) is 6.26 Å². The minimum atomic E-state index is -3.46. The van der Waals surface area contributed by atoms with Gasteiger partial charge in [0.2, 0.25) is 5.82 Å². The molecule has 0 saturated carbocycles. The second-order valence-electron chi connectivity index (χ2n) is 5.33. The van der Waals surface area contributed by atoms with Crippen LogP contribution in [-0.2, 0) is 9.84 Å². The average Bonchev–Trinajstić information content (AvgIpc) is 3.24. The average molecular weight is 340 g/mol. The number of aromatic nitrogens is 6. The molecule has 0 atom stereocenters. The fourth-order valence-corrected chi connectivity index (χ4v) is 3.56. The first-order chi connectivity index (χ1) is 11.5. The molecule has 3 heterocycles. The first-order valence-electron chi connectivity index (χ1n) is 7.03. The van der Waals surface area contributed by atoms with E-state index in [0.717, 1.165) is 17.3 Å². The molecular weight excluding hydrogens is 328 g/mol. The highest BCUT2D eigenvalue weighted by atomic mass is 32.2. The summed E-state index contributed by atoms with van der Waals surface area (Å²) in [4.78, 5) is 4.25. The Hall–Kier alpha value is -3.07. The molecule has 1 N–H and O–H groups in total. The van der Waals surface area contributed by atoms with Crippen LogP contribution in [0, 0.1) is 0 Å². The molecule has 24 heavy (non-hydrogen) atoms. The van der Waals surface area contributed by atoms with Gasteiger partial charge in [-0.2, -0.15) is 5.21 Å². The van der Waals surface area contributed by atoms with Crippen LogP contribution < -0.4 is 0 Å². The highest BCUT2D eigenvalue weighted by molar-refractivity contribution is 7.90. The predicted octanol–water partition coefficient (Wildman–Crippen LogP) is 1.58. The van der Waals surface area contributed by atoms with Gasteiger partial charge in [-0.05, 0) is 34.5 Å². The quantitative estimate of drug-likeness (QED) is 0.607. The zero-order valence-corrected chi connectivity index (χ0v) is 13.4. The molecule has 120 valence electrons. The second kappa shape index (κ2) is 5.24. The summed E-state index contributed by atoms with van der Waals surface area (Å²) in [5.41, 5.74) is 2.88. The van der Waals surface area contributed by atoms with E-state index in [4.69, 9.17) is 0 Å². The number of pyridine rings is 1. The maximum absolute atomic E-state index is 12.2. The van der Waals surface area contributed by atoms with E-state index >= 15 is 0 Å². The summed E-state index contributed by atoms with van der Waals surface area (Å²) in [5.74, 6) is 0.236. The van der Waals surface area contributed by atoms with Gasteiger partial charge in [-0.25, -0.2) is 13.4 Å². The monoisotopic (exact) mass is 340 g/mol. The molecule has 0 fully saturated rings. The summed E-state index contributed by atoms with van der Waals surface area (Å²) in [7, 11) is -3.46. The number of benzene rings is 1. The standard InChI is InChI=1S/C15H12N6O2S/c1-24(22,23)13-4-2-3-12(14(13)15-17-19-20-18-15)10-5-6-21-9-16-8-11(21)7-10/h2-9H,1H3,(H,17,18,19,20). The molecule has 0 spiro atoms. The maximum atomic E-state index is 12.2. The third-order valence-electron chi connectivity index (χ3n) is 3.72. The van der Waals surface area contributed by atoms with Gasteiger partial charge in [0.1, 0.15) is 0 Å². The number of nitrogens with one attached hydrogen (secondary N) is 1. The van der Waals surface area contributed by atoms with Gasteiger partial charge in [-0.1, -0.05) is 12.1 Å². The summed E-state index contributed by atoms with van der Waals surface area (Å²) >= 11 is 0. The third kappa shape index (κ3) is 2.35. The largest absolute Gasteiger partial charge is 0.306 e. The molecule has 8 nitrogen and oxygen atoms in total. The van der Waals surface area contributed by atoms with Crippen LogP contribution in [0.4, 0.5) is 0 Å². The van der Waals surface area contributed by atoms with Crippen LogP contribution in [0.2, 0.25) is 0 Å². The van der Waals surface area contributed by atoms with Crippen LogP contribution in [-0.4, -0.2) is 44.7 Å². The Morgan fingerprint density at radius 3 is 2.83 bits per heavy atom. The molecule has 3 aromatic heterocycles. The van der Waals surface area contributed by atoms with E-state index in [2.05, 4.69) is 25.6 Å². The van der Waals surface area contributed by atoms with E-state index in [9.17, 15) is 8.42 Å². The minimum absolute atomic E-state index is 0.162. The van der Waals surface area contributed by atoms with Crippen molar-refractivity contribution in [1.29, 1.82) is 0 Å². The van der Waals surface area contributed by atoms with Crippen LogP contribution >= 0.6 is 0 Å². The van der Waals surface area contributed by atoms with Crippen LogP contribution in [0.1, 0.15) is 0 Å². The number of sulfone groups is 1. The smallest absolute Gasteiger partial charge is 0.206 e. The van der Waals surface area contributed by atoms with Crippen molar-refractivity contribution >= 4 is 15.4 Å². The molecule has 0 bridgehead atoms. The lowest BCUT2D eigenvalue weighted by molar-refractivity contribution is 0.602. The molecule has 0 aliphatic heterocycles. The lowest BCUT2D eigenvalue weighted by atomic mass is 10.00. The van der Waals surface area contributed by atoms with Gasteiger partial charge in [0.15, 0.2) is 9.84 Å². The Morgan fingerprint density at radius 2 is 2.08 bits per heavy atom. The normalized spacial score (nSPS) is 11.9. The number of fused-ring (bicyclic) bond motifs is 1. The zero-order valence-electron chi connectivity index (χ0n) is 12.6. The lowest BCUT2D eigenvalue weighted by Gasteiger charge is -2.11. The van der Waals surface area contributed by atoms with Crippen molar-refractivity contribution in [3.63, 3.8) is 0 Å². The second-order valence-corrected chi connectivity index (χ2v) is 7.31.